The minimum absolute atomic E-state index is 0.207. The van der Waals surface area contributed by atoms with Crippen LogP contribution in [0.15, 0.2) is 54.7 Å². The van der Waals surface area contributed by atoms with Crippen LogP contribution in [0.5, 0.6) is 0 Å². The first-order chi connectivity index (χ1) is 10.1. The zero-order valence-corrected chi connectivity index (χ0v) is 12.4. The Labute approximate surface area is 124 Å². The molecule has 1 heterocycles. The van der Waals surface area contributed by atoms with Crippen molar-refractivity contribution in [3.63, 3.8) is 0 Å². The lowest BCUT2D eigenvalue weighted by Crippen LogP contribution is -2.15. The van der Waals surface area contributed by atoms with E-state index in [1.54, 1.807) is 12.1 Å². The van der Waals surface area contributed by atoms with Gasteiger partial charge in [0.05, 0.1) is 5.52 Å². The maximum Gasteiger partial charge on any atom is 0.123 e. The van der Waals surface area contributed by atoms with Crippen molar-refractivity contribution in [3.8, 4) is 5.69 Å². The van der Waals surface area contributed by atoms with Gasteiger partial charge in [-0.2, -0.15) is 0 Å². The van der Waals surface area contributed by atoms with Gasteiger partial charge < -0.3 is 9.47 Å². The van der Waals surface area contributed by atoms with Crippen molar-refractivity contribution in [2.24, 2.45) is 0 Å². The molecular formula is C18H19FN2. The number of benzene rings is 2. The Morgan fingerprint density at radius 2 is 1.76 bits per heavy atom. The molecule has 108 valence electrons. The van der Waals surface area contributed by atoms with Crippen molar-refractivity contribution >= 4 is 10.9 Å². The highest BCUT2D eigenvalue weighted by Gasteiger charge is 2.05. The molecule has 3 rings (SSSR count). The molecule has 1 aromatic heterocycles. The quantitative estimate of drug-likeness (QED) is 0.705. The highest BCUT2D eigenvalue weighted by molar-refractivity contribution is 5.82. The summed E-state index contributed by atoms with van der Waals surface area (Å²) in [5.41, 5.74) is 3.47. The molecule has 0 saturated carbocycles. The maximum atomic E-state index is 13.1. The first-order valence-corrected chi connectivity index (χ1v) is 7.14. The van der Waals surface area contributed by atoms with E-state index in [1.807, 2.05) is 6.20 Å². The molecule has 0 aliphatic rings. The number of hydrogen-bond donors (Lipinski definition) is 0. The van der Waals surface area contributed by atoms with Crippen LogP contribution in [-0.4, -0.2) is 30.1 Å². The van der Waals surface area contributed by atoms with Gasteiger partial charge in [-0.05, 0) is 67.9 Å². The molecule has 2 aromatic carbocycles. The van der Waals surface area contributed by atoms with Crippen molar-refractivity contribution < 1.29 is 4.39 Å². The summed E-state index contributed by atoms with van der Waals surface area (Å²) in [7, 11) is 4.17. The summed E-state index contributed by atoms with van der Waals surface area (Å²) < 4.78 is 15.2. The van der Waals surface area contributed by atoms with E-state index in [2.05, 4.69) is 47.8 Å². The summed E-state index contributed by atoms with van der Waals surface area (Å²) in [5.74, 6) is -0.207. The Balaban J connectivity index is 1.99. The molecule has 0 radical (unpaired) electrons. The van der Waals surface area contributed by atoms with Crippen molar-refractivity contribution in [1.82, 2.24) is 9.47 Å². The number of nitrogens with zero attached hydrogens (tertiary/aromatic N) is 2. The van der Waals surface area contributed by atoms with Crippen molar-refractivity contribution in [1.29, 1.82) is 0 Å². The minimum atomic E-state index is -0.207. The van der Waals surface area contributed by atoms with Crippen LogP contribution in [0.25, 0.3) is 16.6 Å². The molecule has 0 aliphatic carbocycles. The zero-order chi connectivity index (χ0) is 14.8. The highest BCUT2D eigenvalue weighted by Crippen LogP contribution is 2.22. The van der Waals surface area contributed by atoms with Gasteiger partial charge in [0.25, 0.3) is 0 Å². The van der Waals surface area contributed by atoms with Gasteiger partial charge in [-0.1, -0.05) is 12.1 Å². The average molecular weight is 282 g/mol. The van der Waals surface area contributed by atoms with Crippen LogP contribution >= 0.6 is 0 Å². The van der Waals surface area contributed by atoms with E-state index >= 15 is 0 Å². The Kier molecular flexibility index (Phi) is 3.76. The van der Waals surface area contributed by atoms with E-state index in [1.165, 1.54) is 23.1 Å². The number of fused-ring (bicyclic) bond motifs is 1. The molecule has 0 spiro atoms. The van der Waals surface area contributed by atoms with Gasteiger partial charge in [0, 0.05) is 18.4 Å². The molecular weight excluding hydrogens is 263 g/mol. The predicted octanol–water partition coefficient (Wildman–Crippen LogP) is 3.87. The normalized spacial score (nSPS) is 11.4. The maximum absolute atomic E-state index is 13.1. The molecule has 0 bridgehead atoms. The third-order valence-corrected chi connectivity index (χ3v) is 3.71. The van der Waals surface area contributed by atoms with Gasteiger partial charge in [-0.25, -0.2) is 4.39 Å². The first kappa shape index (κ1) is 13.8. The zero-order valence-electron chi connectivity index (χ0n) is 12.4. The standard InChI is InChI=1S/C18H19FN2/c1-20(2)11-9-14-3-4-15-10-12-21(18(15)13-14)17-7-5-16(19)6-8-17/h3-8,10,12-13H,9,11H2,1-2H3. The molecule has 0 fully saturated rings. The molecule has 0 atom stereocenters. The Morgan fingerprint density at radius 1 is 1.00 bits per heavy atom. The van der Waals surface area contributed by atoms with Crippen LogP contribution in [0.4, 0.5) is 4.39 Å². The van der Waals surface area contributed by atoms with Gasteiger partial charge in [0.15, 0.2) is 0 Å². The SMILES string of the molecule is CN(C)CCc1ccc2ccn(-c3ccc(F)cc3)c2c1. The molecule has 0 saturated heterocycles. The van der Waals surface area contributed by atoms with Gasteiger partial charge in [-0.15, -0.1) is 0 Å². The van der Waals surface area contributed by atoms with Crippen molar-refractivity contribution in [2.75, 3.05) is 20.6 Å². The lowest BCUT2D eigenvalue weighted by atomic mass is 10.1. The van der Waals surface area contributed by atoms with Crippen LogP contribution in [-0.2, 0) is 6.42 Å². The van der Waals surface area contributed by atoms with Crippen LogP contribution < -0.4 is 0 Å². The summed E-state index contributed by atoms with van der Waals surface area (Å²) in [4.78, 5) is 2.18. The minimum Gasteiger partial charge on any atom is -0.317 e. The summed E-state index contributed by atoms with van der Waals surface area (Å²) in [6, 6.07) is 15.3. The Hall–Kier alpha value is -2.13. The van der Waals surface area contributed by atoms with Crippen LogP contribution in [0.3, 0.4) is 0 Å². The van der Waals surface area contributed by atoms with E-state index < -0.39 is 0 Å². The van der Waals surface area contributed by atoms with E-state index in [4.69, 9.17) is 0 Å². The Bertz CT molecular complexity index is 742. The van der Waals surface area contributed by atoms with Crippen molar-refractivity contribution in [2.45, 2.75) is 6.42 Å². The van der Waals surface area contributed by atoms with E-state index in [0.717, 1.165) is 24.2 Å². The summed E-state index contributed by atoms with van der Waals surface area (Å²) in [5, 5.41) is 1.20. The Morgan fingerprint density at radius 3 is 2.48 bits per heavy atom. The average Bonchev–Trinajstić information content (AvgIpc) is 2.89. The molecule has 0 N–H and O–H groups in total. The van der Waals surface area contributed by atoms with Crippen molar-refractivity contribution in [3.05, 3.63) is 66.1 Å². The third-order valence-electron chi connectivity index (χ3n) is 3.71. The first-order valence-electron chi connectivity index (χ1n) is 7.14. The van der Waals surface area contributed by atoms with Gasteiger partial charge >= 0.3 is 0 Å². The lowest BCUT2D eigenvalue weighted by Gasteiger charge is -2.10. The third kappa shape index (κ3) is 2.98. The van der Waals surface area contributed by atoms with Gasteiger partial charge in [0.2, 0.25) is 0 Å². The lowest BCUT2D eigenvalue weighted by molar-refractivity contribution is 0.414. The second-order valence-electron chi connectivity index (χ2n) is 5.61. The predicted molar refractivity (Wildman–Crippen MR) is 85.5 cm³/mol. The second-order valence-corrected chi connectivity index (χ2v) is 5.61. The molecule has 3 heteroatoms. The largest absolute Gasteiger partial charge is 0.317 e. The van der Waals surface area contributed by atoms with E-state index in [9.17, 15) is 4.39 Å². The topological polar surface area (TPSA) is 8.17 Å². The van der Waals surface area contributed by atoms with Gasteiger partial charge in [-0.3, -0.25) is 0 Å². The molecule has 2 nitrogen and oxygen atoms in total. The van der Waals surface area contributed by atoms with Crippen LogP contribution in [0.2, 0.25) is 0 Å². The summed E-state index contributed by atoms with van der Waals surface area (Å²) in [6.45, 7) is 1.03. The fourth-order valence-electron chi connectivity index (χ4n) is 2.51. The fraction of sp³-hybridized carbons (Fsp3) is 0.222. The number of rotatable bonds is 4. The number of likely N-dealkylation sites (N-methyl/N-ethyl adjacent to an activating group) is 1. The second kappa shape index (κ2) is 5.70. The van der Waals surface area contributed by atoms with E-state index in [-0.39, 0.29) is 5.82 Å². The number of hydrogen-bond acceptors (Lipinski definition) is 1. The smallest absolute Gasteiger partial charge is 0.123 e. The highest BCUT2D eigenvalue weighted by atomic mass is 19.1. The number of aromatic nitrogens is 1. The summed E-state index contributed by atoms with van der Waals surface area (Å²) >= 11 is 0. The van der Waals surface area contributed by atoms with Gasteiger partial charge in [0.1, 0.15) is 5.82 Å². The van der Waals surface area contributed by atoms with E-state index in [0.29, 0.717) is 0 Å². The van der Waals surface area contributed by atoms with Crippen LogP contribution in [0.1, 0.15) is 5.56 Å². The monoisotopic (exact) mass is 282 g/mol. The molecule has 0 amide bonds. The molecule has 0 unspecified atom stereocenters. The fourth-order valence-corrected chi connectivity index (χ4v) is 2.51. The summed E-state index contributed by atoms with van der Waals surface area (Å²) in [6.07, 6.45) is 3.06. The molecule has 0 aliphatic heterocycles. The molecule has 3 aromatic rings. The molecule has 21 heavy (non-hydrogen) atoms. The van der Waals surface area contributed by atoms with Crippen LogP contribution in [0, 0.1) is 5.82 Å². The number of halogens is 1.